The highest BCUT2D eigenvalue weighted by atomic mass is 19.1. The third-order valence-corrected chi connectivity index (χ3v) is 5.23. The Kier molecular flexibility index (Phi) is 3.87. The first-order valence-electron chi connectivity index (χ1n) is 8.67. The van der Waals surface area contributed by atoms with Gasteiger partial charge in [-0.1, -0.05) is 18.2 Å². The van der Waals surface area contributed by atoms with Crippen LogP contribution in [-0.2, 0) is 11.3 Å². The van der Waals surface area contributed by atoms with Crippen LogP contribution in [0.1, 0.15) is 36.3 Å². The molecule has 2 fully saturated rings. The van der Waals surface area contributed by atoms with Gasteiger partial charge in [-0.3, -0.25) is 9.48 Å². The summed E-state index contributed by atoms with van der Waals surface area (Å²) < 4.78 is 15.8. The molecule has 0 N–H and O–H groups in total. The molecule has 1 aliphatic carbocycles. The summed E-state index contributed by atoms with van der Waals surface area (Å²) in [6, 6.07) is 7.03. The summed E-state index contributed by atoms with van der Waals surface area (Å²) in [5.74, 6) is -0.00817. The maximum Gasteiger partial charge on any atom is 0.226 e. The van der Waals surface area contributed by atoms with Crippen LogP contribution in [0.15, 0.2) is 36.7 Å². The first kappa shape index (κ1) is 15.4. The van der Waals surface area contributed by atoms with Crippen molar-refractivity contribution in [3.63, 3.8) is 0 Å². The second kappa shape index (κ2) is 6.04. The van der Waals surface area contributed by atoms with Crippen LogP contribution in [0, 0.1) is 18.7 Å². The number of benzene rings is 1. The van der Waals surface area contributed by atoms with Crippen molar-refractivity contribution in [1.29, 1.82) is 0 Å². The van der Waals surface area contributed by atoms with Crippen LogP contribution in [0.5, 0.6) is 0 Å². The van der Waals surface area contributed by atoms with Crippen molar-refractivity contribution in [2.45, 2.75) is 44.7 Å². The lowest BCUT2D eigenvalue weighted by atomic mass is 10.1. The first-order valence-corrected chi connectivity index (χ1v) is 8.67. The predicted octanol–water partition coefficient (Wildman–Crippen LogP) is 3.13. The Morgan fingerprint density at radius 3 is 2.96 bits per heavy atom. The van der Waals surface area contributed by atoms with Gasteiger partial charge in [0.1, 0.15) is 5.82 Å². The fourth-order valence-electron chi connectivity index (χ4n) is 3.90. The van der Waals surface area contributed by atoms with Crippen LogP contribution >= 0.6 is 0 Å². The highest BCUT2D eigenvalue weighted by Gasteiger charge is 2.48. The molecule has 2 aromatic rings. The van der Waals surface area contributed by atoms with Crippen molar-refractivity contribution in [2.75, 3.05) is 6.54 Å². The number of hydrogen-bond donors (Lipinski definition) is 0. The van der Waals surface area contributed by atoms with Gasteiger partial charge in [0, 0.05) is 18.7 Å². The Bertz CT molecular complexity index is 757. The van der Waals surface area contributed by atoms with Crippen LogP contribution < -0.4 is 0 Å². The number of rotatable bonds is 4. The number of halogens is 1. The van der Waals surface area contributed by atoms with Gasteiger partial charge in [0.15, 0.2) is 0 Å². The largest absolute Gasteiger partial charge is 0.338 e. The summed E-state index contributed by atoms with van der Waals surface area (Å²) >= 11 is 0. The zero-order valence-corrected chi connectivity index (χ0v) is 13.9. The minimum absolute atomic E-state index is 0.0481. The molecule has 1 saturated carbocycles. The lowest BCUT2D eigenvalue weighted by Crippen LogP contribution is -2.39. The van der Waals surface area contributed by atoms with E-state index in [-0.39, 0.29) is 29.6 Å². The lowest BCUT2D eigenvalue weighted by molar-refractivity contribution is -0.133. The molecule has 2 aliphatic rings. The van der Waals surface area contributed by atoms with E-state index in [1.807, 2.05) is 35.0 Å². The summed E-state index contributed by atoms with van der Waals surface area (Å²) in [4.78, 5) is 14.9. The zero-order valence-electron chi connectivity index (χ0n) is 13.9. The first-order chi connectivity index (χ1) is 11.6. The van der Waals surface area contributed by atoms with Gasteiger partial charge >= 0.3 is 0 Å². The van der Waals surface area contributed by atoms with Gasteiger partial charge in [-0.05, 0) is 49.3 Å². The fraction of sp³-hybridized carbons (Fsp3) is 0.474. The highest BCUT2D eigenvalue weighted by molar-refractivity contribution is 5.83. The predicted molar refractivity (Wildman–Crippen MR) is 88.9 cm³/mol. The molecule has 24 heavy (non-hydrogen) atoms. The van der Waals surface area contributed by atoms with Crippen molar-refractivity contribution >= 4 is 5.91 Å². The number of hydrogen-bond acceptors (Lipinski definition) is 2. The van der Waals surface area contributed by atoms with E-state index >= 15 is 0 Å². The SMILES string of the molecule is Cc1cnn(C[C@@H]2CCCN2C(=O)[C@H]2C[C@@H]2c2ccccc2F)c1. The molecule has 1 aromatic carbocycles. The molecule has 4 rings (SSSR count). The van der Waals surface area contributed by atoms with Gasteiger partial charge in [-0.25, -0.2) is 4.39 Å². The van der Waals surface area contributed by atoms with Crippen molar-refractivity contribution in [3.8, 4) is 0 Å². The molecule has 1 aromatic heterocycles. The number of aryl methyl sites for hydroxylation is 1. The number of carbonyl (C=O) groups excluding carboxylic acids is 1. The normalized spacial score (nSPS) is 25.9. The number of nitrogens with zero attached hydrogens (tertiary/aromatic N) is 3. The van der Waals surface area contributed by atoms with Crippen molar-refractivity contribution in [3.05, 3.63) is 53.6 Å². The number of likely N-dealkylation sites (tertiary alicyclic amines) is 1. The maximum absolute atomic E-state index is 13.9. The standard InChI is InChI=1S/C19H22FN3O/c1-13-10-21-22(11-13)12-14-5-4-8-23(14)19(24)17-9-16(17)15-6-2-3-7-18(15)20/h2-3,6-7,10-11,14,16-17H,4-5,8-9,12H2,1H3/t14-,16+,17-/m0/s1. The molecule has 0 spiro atoms. The average molecular weight is 327 g/mol. The summed E-state index contributed by atoms with van der Waals surface area (Å²) in [6.07, 6.45) is 6.68. The van der Waals surface area contributed by atoms with Gasteiger partial charge < -0.3 is 4.90 Å². The number of amides is 1. The molecule has 126 valence electrons. The van der Waals surface area contributed by atoms with Crippen LogP contribution in [-0.4, -0.2) is 33.2 Å². The molecule has 2 heterocycles. The molecule has 1 saturated heterocycles. The second-order valence-electron chi connectivity index (χ2n) is 7.04. The van der Waals surface area contributed by atoms with Crippen molar-refractivity contribution in [1.82, 2.24) is 14.7 Å². The minimum atomic E-state index is -0.192. The zero-order chi connectivity index (χ0) is 16.7. The van der Waals surface area contributed by atoms with Gasteiger partial charge in [-0.15, -0.1) is 0 Å². The fourth-order valence-corrected chi connectivity index (χ4v) is 3.90. The molecule has 4 nitrogen and oxygen atoms in total. The Morgan fingerprint density at radius 2 is 2.21 bits per heavy atom. The molecule has 5 heteroatoms. The molecular weight excluding hydrogens is 305 g/mol. The Morgan fingerprint density at radius 1 is 1.38 bits per heavy atom. The molecular formula is C19H22FN3O. The molecule has 3 atom stereocenters. The van der Waals surface area contributed by atoms with E-state index in [0.29, 0.717) is 5.56 Å². The van der Waals surface area contributed by atoms with Gasteiger partial charge in [0.2, 0.25) is 5.91 Å². The summed E-state index contributed by atoms with van der Waals surface area (Å²) in [7, 11) is 0. The quantitative estimate of drug-likeness (QED) is 0.865. The third kappa shape index (κ3) is 2.83. The van der Waals surface area contributed by atoms with Crippen molar-refractivity contribution < 1.29 is 9.18 Å². The topological polar surface area (TPSA) is 38.1 Å². The summed E-state index contributed by atoms with van der Waals surface area (Å²) in [5, 5.41) is 4.34. The van der Waals surface area contributed by atoms with E-state index in [4.69, 9.17) is 0 Å². The maximum atomic E-state index is 13.9. The highest BCUT2D eigenvalue weighted by Crippen LogP contribution is 2.49. The Balaban J connectivity index is 1.43. The Labute approximate surface area is 141 Å². The van der Waals surface area contributed by atoms with Crippen LogP contribution in [0.3, 0.4) is 0 Å². The van der Waals surface area contributed by atoms with E-state index in [9.17, 15) is 9.18 Å². The van der Waals surface area contributed by atoms with Gasteiger partial charge in [-0.2, -0.15) is 5.10 Å². The van der Waals surface area contributed by atoms with E-state index in [1.165, 1.54) is 6.07 Å². The van der Waals surface area contributed by atoms with Gasteiger partial charge in [0.05, 0.1) is 18.8 Å². The van der Waals surface area contributed by atoms with E-state index in [0.717, 1.165) is 37.9 Å². The molecule has 1 aliphatic heterocycles. The monoisotopic (exact) mass is 327 g/mol. The van der Waals surface area contributed by atoms with E-state index < -0.39 is 0 Å². The molecule has 0 radical (unpaired) electrons. The number of carbonyl (C=O) groups is 1. The summed E-state index contributed by atoms with van der Waals surface area (Å²) in [5.41, 5.74) is 1.82. The Hall–Kier alpha value is -2.17. The van der Waals surface area contributed by atoms with Crippen LogP contribution in [0.2, 0.25) is 0 Å². The lowest BCUT2D eigenvalue weighted by Gasteiger charge is -2.25. The van der Waals surface area contributed by atoms with E-state index in [2.05, 4.69) is 5.10 Å². The van der Waals surface area contributed by atoms with E-state index in [1.54, 1.807) is 12.1 Å². The smallest absolute Gasteiger partial charge is 0.226 e. The summed E-state index contributed by atoms with van der Waals surface area (Å²) in [6.45, 7) is 3.57. The van der Waals surface area contributed by atoms with Gasteiger partial charge in [0.25, 0.3) is 0 Å². The average Bonchev–Trinajstić information content (AvgIpc) is 3.04. The third-order valence-electron chi connectivity index (χ3n) is 5.23. The minimum Gasteiger partial charge on any atom is -0.338 e. The van der Waals surface area contributed by atoms with Crippen molar-refractivity contribution in [2.24, 2.45) is 5.92 Å². The molecule has 0 bridgehead atoms. The second-order valence-corrected chi connectivity index (χ2v) is 7.04. The van der Waals surface area contributed by atoms with Crippen LogP contribution in [0.25, 0.3) is 0 Å². The number of aromatic nitrogens is 2. The molecule has 1 amide bonds. The molecule has 0 unspecified atom stereocenters. The van der Waals surface area contributed by atoms with Crippen LogP contribution in [0.4, 0.5) is 4.39 Å².